The van der Waals surface area contributed by atoms with Gasteiger partial charge in [-0.1, -0.05) is 0 Å². The van der Waals surface area contributed by atoms with Crippen molar-refractivity contribution >= 4 is 11.9 Å². The minimum atomic E-state index is -4.50. The van der Waals surface area contributed by atoms with Gasteiger partial charge in [0.05, 0.1) is 5.41 Å². The number of carboxylic acid groups (broad SMARTS) is 1. The van der Waals surface area contributed by atoms with Gasteiger partial charge in [-0.15, -0.1) is 0 Å². The number of ether oxygens (including phenoxy) is 2. The molecule has 9 heteroatoms. The Labute approximate surface area is 113 Å². The SMILES string of the molecule is O=C(COCC(F)(F)F)NCC1(C(=O)O)CCOCC1. The summed E-state index contributed by atoms with van der Waals surface area (Å²) >= 11 is 0. The summed E-state index contributed by atoms with van der Waals surface area (Å²) in [6.45, 7) is -1.89. The molecule has 0 aliphatic carbocycles. The Hall–Kier alpha value is -1.35. The van der Waals surface area contributed by atoms with Crippen molar-refractivity contribution in [3.63, 3.8) is 0 Å². The summed E-state index contributed by atoms with van der Waals surface area (Å²) in [5.41, 5.74) is -1.13. The van der Waals surface area contributed by atoms with Gasteiger partial charge in [0.2, 0.25) is 5.91 Å². The molecular weight excluding hydrogens is 283 g/mol. The van der Waals surface area contributed by atoms with Crippen molar-refractivity contribution in [2.24, 2.45) is 5.41 Å². The highest BCUT2D eigenvalue weighted by molar-refractivity contribution is 5.79. The summed E-state index contributed by atoms with van der Waals surface area (Å²) in [4.78, 5) is 22.6. The lowest BCUT2D eigenvalue weighted by Gasteiger charge is -2.33. The quantitative estimate of drug-likeness (QED) is 0.749. The van der Waals surface area contributed by atoms with E-state index in [1.807, 2.05) is 0 Å². The number of nitrogens with one attached hydrogen (secondary N) is 1. The molecule has 20 heavy (non-hydrogen) atoms. The number of hydrogen-bond donors (Lipinski definition) is 2. The Morgan fingerprint density at radius 3 is 2.40 bits per heavy atom. The van der Waals surface area contributed by atoms with E-state index < -0.39 is 36.7 Å². The molecule has 1 heterocycles. The lowest BCUT2D eigenvalue weighted by molar-refractivity contribution is -0.175. The van der Waals surface area contributed by atoms with Crippen LogP contribution in [0.4, 0.5) is 13.2 Å². The van der Waals surface area contributed by atoms with Gasteiger partial charge < -0.3 is 19.9 Å². The number of rotatable bonds is 6. The maximum atomic E-state index is 11.8. The van der Waals surface area contributed by atoms with E-state index in [4.69, 9.17) is 4.74 Å². The van der Waals surface area contributed by atoms with E-state index >= 15 is 0 Å². The van der Waals surface area contributed by atoms with Gasteiger partial charge in [-0.2, -0.15) is 13.2 Å². The highest BCUT2D eigenvalue weighted by Crippen LogP contribution is 2.30. The summed E-state index contributed by atoms with van der Waals surface area (Å²) < 4.78 is 44.6. The molecule has 0 bridgehead atoms. The maximum absolute atomic E-state index is 11.8. The molecule has 1 fully saturated rings. The van der Waals surface area contributed by atoms with Crippen LogP contribution in [0.1, 0.15) is 12.8 Å². The number of halogens is 3. The van der Waals surface area contributed by atoms with Gasteiger partial charge in [0.1, 0.15) is 13.2 Å². The summed E-state index contributed by atoms with van der Waals surface area (Å²) in [6.07, 6.45) is -4.01. The first-order valence-corrected chi connectivity index (χ1v) is 5.97. The molecule has 0 aromatic heterocycles. The van der Waals surface area contributed by atoms with Crippen molar-refractivity contribution in [3.8, 4) is 0 Å². The Kier molecular flexibility index (Phi) is 5.75. The van der Waals surface area contributed by atoms with Crippen LogP contribution < -0.4 is 5.32 Å². The Morgan fingerprint density at radius 2 is 1.90 bits per heavy atom. The number of amides is 1. The molecule has 1 saturated heterocycles. The van der Waals surface area contributed by atoms with E-state index in [0.29, 0.717) is 0 Å². The molecule has 0 radical (unpaired) electrons. The summed E-state index contributed by atoms with van der Waals surface area (Å²) in [7, 11) is 0. The molecule has 1 rings (SSSR count). The highest BCUT2D eigenvalue weighted by Gasteiger charge is 2.40. The van der Waals surface area contributed by atoms with E-state index in [9.17, 15) is 27.9 Å². The Morgan fingerprint density at radius 1 is 1.30 bits per heavy atom. The molecule has 0 unspecified atom stereocenters. The zero-order valence-corrected chi connectivity index (χ0v) is 10.7. The Balaban J connectivity index is 2.36. The zero-order valence-electron chi connectivity index (χ0n) is 10.7. The monoisotopic (exact) mass is 299 g/mol. The second-order valence-electron chi connectivity index (χ2n) is 4.58. The van der Waals surface area contributed by atoms with Gasteiger partial charge in [0.25, 0.3) is 0 Å². The van der Waals surface area contributed by atoms with E-state index in [2.05, 4.69) is 10.1 Å². The van der Waals surface area contributed by atoms with Crippen LogP contribution in [0.15, 0.2) is 0 Å². The standard InChI is InChI=1S/C11H16F3NO5/c12-11(13,14)7-20-5-8(16)15-6-10(9(17)18)1-3-19-4-2-10/h1-7H2,(H,15,16)(H,17,18). The lowest BCUT2D eigenvalue weighted by Crippen LogP contribution is -2.47. The third-order valence-electron chi connectivity index (χ3n) is 3.03. The van der Waals surface area contributed by atoms with Crippen molar-refractivity contribution < 1.29 is 37.3 Å². The average Bonchev–Trinajstić information content (AvgIpc) is 2.36. The fourth-order valence-corrected chi connectivity index (χ4v) is 1.81. The van der Waals surface area contributed by atoms with Crippen LogP contribution in [-0.4, -0.2) is 56.1 Å². The number of alkyl halides is 3. The average molecular weight is 299 g/mol. The lowest BCUT2D eigenvalue weighted by atomic mass is 9.80. The first-order valence-electron chi connectivity index (χ1n) is 5.97. The molecule has 0 atom stereocenters. The van der Waals surface area contributed by atoms with Crippen LogP contribution >= 0.6 is 0 Å². The molecular formula is C11H16F3NO5. The van der Waals surface area contributed by atoms with Gasteiger partial charge in [0.15, 0.2) is 0 Å². The predicted octanol–water partition coefficient (Wildman–Crippen LogP) is 0.563. The van der Waals surface area contributed by atoms with Crippen LogP contribution in [0.25, 0.3) is 0 Å². The molecule has 116 valence electrons. The van der Waals surface area contributed by atoms with Gasteiger partial charge >= 0.3 is 12.1 Å². The van der Waals surface area contributed by atoms with Crippen LogP contribution in [0.3, 0.4) is 0 Å². The van der Waals surface area contributed by atoms with Gasteiger partial charge in [0, 0.05) is 19.8 Å². The van der Waals surface area contributed by atoms with Crippen molar-refractivity contribution in [3.05, 3.63) is 0 Å². The number of aliphatic carboxylic acids is 1. The highest BCUT2D eigenvalue weighted by atomic mass is 19.4. The third kappa shape index (κ3) is 5.33. The van der Waals surface area contributed by atoms with Crippen molar-refractivity contribution in [2.45, 2.75) is 19.0 Å². The van der Waals surface area contributed by atoms with E-state index in [-0.39, 0.29) is 32.6 Å². The van der Waals surface area contributed by atoms with Crippen LogP contribution in [0.5, 0.6) is 0 Å². The number of carbonyl (C=O) groups excluding carboxylic acids is 1. The Bertz CT molecular complexity index is 352. The molecule has 0 saturated carbocycles. The van der Waals surface area contributed by atoms with Gasteiger partial charge in [-0.05, 0) is 12.8 Å². The molecule has 2 N–H and O–H groups in total. The number of carbonyl (C=O) groups is 2. The fraction of sp³-hybridized carbons (Fsp3) is 0.818. The molecule has 1 amide bonds. The molecule has 0 aromatic carbocycles. The zero-order chi connectivity index (χ0) is 15.2. The molecule has 1 aliphatic heterocycles. The van der Waals surface area contributed by atoms with Crippen LogP contribution in [-0.2, 0) is 19.1 Å². The second kappa shape index (κ2) is 6.89. The predicted molar refractivity (Wildman–Crippen MR) is 60.0 cm³/mol. The number of carboxylic acids is 1. The minimum absolute atomic E-state index is 0.153. The largest absolute Gasteiger partial charge is 0.481 e. The molecule has 1 aliphatic rings. The first-order chi connectivity index (χ1) is 9.25. The van der Waals surface area contributed by atoms with Crippen molar-refractivity contribution in [1.29, 1.82) is 0 Å². The van der Waals surface area contributed by atoms with Gasteiger partial charge in [-0.25, -0.2) is 0 Å². The van der Waals surface area contributed by atoms with Crippen LogP contribution in [0, 0.1) is 5.41 Å². The summed E-state index contributed by atoms with van der Waals surface area (Å²) in [5.74, 6) is -1.83. The first kappa shape index (κ1) is 16.7. The second-order valence-corrected chi connectivity index (χ2v) is 4.58. The maximum Gasteiger partial charge on any atom is 0.411 e. The molecule has 6 nitrogen and oxygen atoms in total. The normalized spacial score (nSPS) is 18.6. The minimum Gasteiger partial charge on any atom is -0.481 e. The van der Waals surface area contributed by atoms with E-state index in [0.717, 1.165) is 0 Å². The molecule has 0 aromatic rings. The summed E-state index contributed by atoms with van der Waals surface area (Å²) in [6, 6.07) is 0. The van der Waals surface area contributed by atoms with E-state index in [1.54, 1.807) is 0 Å². The van der Waals surface area contributed by atoms with Crippen LogP contribution in [0.2, 0.25) is 0 Å². The number of hydrogen-bond acceptors (Lipinski definition) is 4. The fourth-order valence-electron chi connectivity index (χ4n) is 1.81. The van der Waals surface area contributed by atoms with Crippen molar-refractivity contribution in [2.75, 3.05) is 33.0 Å². The van der Waals surface area contributed by atoms with Gasteiger partial charge in [-0.3, -0.25) is 9.59 Å². The van der Waals surface area contributed by atoms with Crippen molar-refractivity contribution in [1.82, 2.24) is 5.32 Å². The summed E-state index contributed by atoms with van der Waals surface area (Å²) in [5, 5.41) is 11.5. The van der Waals surface area contributed by atoms with E-state index in [1.165, 1.54) is 0 Å². The third-order valence-corrected chi connectivity index (χ3v) is 3.03. The smallest absolute Gasteiger partial charge is 0.411 e. The molecule has 0 spiro atoms. The topological polar surface area (TPSA) is 84.9 Å².